The maximum atomic E-state index is 10.7. The van der Waals surface area contributed by atoms with Gasteiger partial charge < -0.3 is 9.47 Å². The highest BCUT2D eigenvalue weighted by atomic mass is 16.7. The van der Waals surface area contributed by atoms with E-state index in [1.165, 1.54) is 32.1 Å². The Hall–Kier alpha value is -0.830. The molecule has 0 atom stereocenters. The van der Waals surface area contributed by atoms with E-state index in [2.05, 4.69) is 13.5 Å². The monoisotopic (exact) mass is 212 g/mol. The highest BCUT2D eigenvalue weighted by molar-refractivity contribution is 5.81. The summed E-state index contributed by atoms with van der Waals surface area (Å²) < 4.78 is 10.1. The molecule has 86 valence electrons. The summed E-state index contributed by atoms with van der Waals surface area (Å²) in [5.74, 6) is -0.427. The van der Waals surface area contributed by atoms with E-state index in [0.717, 1.165) is 6.08 Å². The quantitative estimate of drug-likeness (QED) is 0.304. The molecule has 0 radical (unpaired) electrons. The zero-order valence-corrected chi connectivity index (χ0v) is 9.46. The van der Waals surface area contributed by atoms with Crippen LogP contribution in [0.1, 0.15) is 39.0 Å². The van der Waals surface area contributed by atoms with E-state index in [1.54, 1.807) is 0 Å². The van der Waals surface area contributed by atoms with Crippen molar-refractivity contribution in [2.24, 2.45) is 5.41 Å². The Balaban J connectivity index is 2.13. The third-order valence-electron chi connectivity index (χ3n) is 2.96. The summed E-state index contributed by atoms with van der Waals surface area (Å²) in [5, 5.41) is 0. The third-order valence-corrected chi connectivity index (χ3v) is 2.96. The molecule has 0 spiro atoms. The first-order valence-electron chi connectivity index (χ1n) is 5.53. The van der Waals surface area contributed by atoms with Gasteiger partial charge in [0.15, 0.2) is 6.79 Å². The van der Waals surface area contributed by atoms with Crippen LogP contribution in [-0.2, 0) is 14.3 Å². The molecule has 1 aliphatic carbocycles. The molecule has 3 heteroatoms. The minimum Gasteiger partial charge on any atom is -0.435 e. The van der Waals surface area contributed by atoms with Crippen molar-refractivity contribution in [2.45, 2.75) is 39.0 Å². The van der Waals surface area contributed by atoms with Crippen molar-refractivity contribution in [3.63, 3.8) is 0 Å². The molecule has 0 aromatic rings. The molecule has 0 heterocycles. The molecule has 1 aliphatic rings. The van der Waals surface area contributed by atoms with Crippen LogP contribution in [0.3, 0.4) is 0 Å². The third kappa shape index (κ3) is 4.47. The van der Waals surface area contributed by atoms with Gasteiger partial charge in [0.25, 0.3) is 0 Å². The van der Waals surface area contributed by atoms with E-state index in [9.17, 15) is 4.79 Å². The summed E-state index contributed by atoms with van der Waals surface area (Å²) in [6.45, 7) is 6.27. The SMILES string of the molecule is C=CC(=O)OCOCC1(C)CCCCC1. The fourth-order valence-electron chi connectivity index (χ4n) is 2.00. The molecule has 0 aromatic carbocycles. The minimum absolute atomic E-state index is 0.0421. The van der Waals surface area contributed by atoms with Crippen LogP contribution in [0.2, 0.25) is 0 Å². The molecule has 3 nitrogen and oxygen atoms in total. The Kier molecular flexibility index (Phi) is 4.82. The Bertz CT molecular complexity index is 217. The van der Waals surface area contributed by atoms with Crippen molar-refractivity contribution in [3.8, 4) is 0 Å². The summed E-state index contributed by atoms with van der Waals surface area (Å²) >= 11 is 0. The molecule has 1 saturated carbocycles. The van der Waals surface area contributed by atoms with E-state index < -0.39 is 5.97 Å². The lowest BCUT2D eigenvalue weighted by Gasteiger charge is -2.32. The average molecular weight is 212 g/mol. The van der Waals surface area contributed by atoms with Crippen LogP contribution in [0.4, 0.5) is 0 Å². The van der Waals surface area contributed by atoms with Crippen LogP contribution >= 0.6 is 0 Å². The predicted molar refractivity (Wildman–Crippen MR) is 58.3 cm³/mol. The van der Waals surface area contributed by atoms with Gasteiger partial charge in [-0.3, -0.25) is 0 Å². The highest BCUT2D eigenvalue weighted by Gasteiger charge is 2.26. The first-order chi connectivity index (χ1) is 7.16. The molecule has 0 N–H and O–H groups in total. The van der Waals surface area contributed by atoms with Crippen molar-refractivity contribution < 1.29 is 14.3 Å². The lowest BCUT2D eigenvalue weighted by Crippen LogP contribution is -2.26. The molecule has 1 fully saturated rings. The molecule has 0 bridgehead atoms. The summed E-state index contributed by atoms with van der Waals surface area (Å²) in [6.07, 6.45) is 7.47. The van der Waals surface area contributed by atoms with Gasteiger partial charge in [-0.1, -0.05) is 32.8 Å². The van der Waals surface area contributed by atoms with Crippen LogP contribution in [0.5, 0.6) is 0 Å². The van der Waals surface area contributed by atoms with Crippen LogP contribution in [0.15, 0.2) is 12.7 Å². The molecular weight excluding hydrogens is 192 g/mol. The summed E-state index contributed by atoms with van der Waals surface area (Å²) in [5.41, 5.74) is 0.277. The minimum atomic E-state index is -0.427. The molecule has 15 heavy (non-hydrogen) atoms. The topological polar surface area (TPSA) is 35.5 Å². The first kappa shape index (κ1) is 12.2. The molecular formula is C12H20O3. The van der Waals surface area contributed by atoms with Crippen molar-refractivity contribution in [3.05, 3.63) is 12.7 Å². The van der Waals surface area contributed by atoms with Gasteiger partial charge in [0.05, 0.1) is 6.61 Å². The zero-order chi connectivity index (χ0) is 11.1. The Morgan fingerprint density at radius 1 is 1.40 bits per heavy atom. The molecule has 0 amide bonds. The van der Waals surface area contributed by atoms with Crippen LogP contribution in [-0.4, -0.2) is 19.4 Å². The maximum Gasteiger partial charge on any atom is 0.332 e. The number of rotatable bonds is 5. The van der Waals surface area contributed by atoms with Crippen LogP contribution < -0.4 is 0 Å². The molecule has 0 aromatic heterocycles. The van der Waals surface area contributed by atoms with Gasteiger partial charge in [-0.15, -0.1) is 0 Å². The second-order valence-electron chi connectivity index (χ2n) is 4.51. The number of hydrogen-bond acceptors (Lipinski definition) is 3. The van der Waals surface area contributed by atoms with E-state index in [1.807, 2.05) is 0 Å². The highest BCUT2D eigenvalue weighted by Crippen LogP contribution is 2.35. The zero-order valence-electron chi connectivity index (χ0n) is 9.46. The fourth-order valence-corrected chi connectivity index (χ4v) is 2.00. The van der Waals surface area contributed by atoms with Crippen molar-refractivity contribution in [2.75, 3.05) is 13.4 Å². The van der Waals surface area contributed by atoms with Crippen molar-refractivity contribution in [1.29, 1.82) is 0 Å². The number of ether oxygens (including phenoxy) is 2. The predicted octanol–water partition coefficient (Wildman–Crippen LogP) is 2.66. The molecule has 1 rings (SSSR count). The molecule has 0 saturated heterocycles. The van der Waals surface area contributed by atoms with E-state index in [-0.39, 0.29) is 12.2 Å². The summed E-state index contributed by atoms with van der Waals surface area (Å²) in [6, 6.07) is 0. The molecule has 0 aliphatic heterocycles. The van der Waals surface area contributed by atoms with Gasteiger partial charge in [-0.2, -0.15) is 0 Å². The standard InChI is InChI=1S/C12H20O3/c1-3-11(13)15-10-14-9-12(2)7-5-4-6-8-12/h3H,1,4-10H2,2H3. The first-order valence-corrected chi connectivity index (χ1v) is 5.53. The molecule has 0 unspecified atom stereocenters. The summed E-state index contributed by atoms with van der Waals surface area (Å²) in [7, 11) is 0. The van der Waals surface area contributed by atoms with Gasteiger partial charge in [0.2, 0.25) is 0 Å². The van der Waals surface area contributed by atoms with Gasteiger partial charge in [0, 0.05) is 6.08 Å². The van der Waals surface area contributed by atoms with Crippen molar-refractivity contribution >= 4 is 5.97 Å². The second kappa shape index (κ2) is 5.91. The lowest BCUT2D eigenvalue weighted by atomic mass is 9.76. The number of hydrogen-bond donors (Lipinski definition) is 0. The number of carbonyl (C=O) groups excluding carboxylic acids is 1. The van der Waals surface area contributed by atoms with Gasteiger partial charge >= 0.3 is 5.97 Å². The number of esters is 1. The Labute approximate surface area is 91.4 Å². The maximum absolute atomic E-state index is 10.7. The normalized spacial score (nSPS) is 19.5. The van der Waals surface area contributed by atoms with Crippen molar-refractivity contribution in [1.82, 2.24) is 0 Å². The van der Waals surface area contributed by atoms with E-state index in [4.69, 9.17) is 9.47 Å². The van der Waals surface area contributed by atoms with E-state index >= 15 is 0 Å². The van der Waals surface area contributed by atoms with Gasteiger partial charge in [0.1, 0.15) is 0 Å². The van der Waals surface area contributed by atoms with Crippen LogP contribution in [0.25, 0.3) is 0 Å². The smallest absolute Gasteiger partial charge is 0.332 e. The largest absolute Gasteiger partial charge is 0.435 e. The lowest BCUT2D eigenvalue weighted by molar-refractivity contribution is -0.153. The van der Waals surface area contributed by atoms with Gasteiger partial charge in [-0.25, -0.2) is 4.79 Å². The fraction of sp³-hybridized carbons (Fsp3) is 0.750. The van der Waals surface area contributed by atoms with E-state index in [0.29, 0.717) is 6.61 Å². The Morgan fingerprint density at radius 3 is 2.67 bits per heavy atom. The average Bonchev–Trinajstić information content (AvgIpc) is 2.25. The summed E-state index contributed by atoms with van der Waals surface area (Å²) in [4.78, 5) is 10.7. The van der Waals surface area contributed by atoms with Gasteiger partial charge in [-0.05, 0) is 18.3 Å². The Morgan fingerprint density at radius 2 is 2.07 bits per heavy atom. The van der Waals surface area contributed by atoms with Crippen LogP contribution in [0, 0.1) is 5.41 Å². The second-order valence-corrected chi connectivity index (χ2v) is 4.51. The number of carbonyl (C=O) groups is 1.